The summed E-state index contributed by atoms with van der Waals surface area (Å²) in [6.45, 7) is 0. The first-order chi connectivity index (χ1) is 8.63. The summed E-state index contributed by atoms with van der Waals surface area (Å²) in [5, 5.41) is 10.1. The second-order valence-corrected chi connectivity index (χ2v) is 5.12. The van der Waals surface area contributed by atoms with Gasteiger partial charge in [0.1, 0.15) is 6.04 Å². The Morgan fingerprint density at radius 3 is 3.06 bits per heavy atom. The van der Waals surface area contributed by atoms with Crippen molar-refractivity contribution < 1.29 is 4.79 Å². The summed E-state index contributed by atoms with van der Waals surface area (Å²) in [6, 6.07) is 5.40. The van der Waals surface area contributed by atoms with E-state index in [2.05, 4.69) is 31.7 Å². The second-order valence-electron chi connectivity index (χ2n) is 4.20. The van der Waals surface area contributed by atoms with Crippen LogP contribution in [-0.2, 0) is 11.8 Å². The van der Waals surface area contributed by atoms with Crippen molar-refractivity contribution in [1.29, 1.82) is 0 Å². The number of aromatic nitrogens is 2. The molecule has 0 saturated heterocycles. The molecule has 6 heteroatoms. The van der Waals surface area contributed by atoms with Crippen LogP contribution in [0, 0.1) is 0 Å². The van der Waals surface area contributed by atoms with E-state index in [1.807, 2.05) is 31.4 Å². The first-order valence-corrected chi connectivity index (χ1v) is 6.28. The van der Waals surface area contributed by atoms with Crippen LogP contribution in [0.15, 0.2) is 35.1 Å². The molecule has 1 atom stereocenters. The number of aryl methyl sites for hydroxylation is 1. The Hall–Kier alpha value is -1.82. The van der Waals surface area contributed by atoms with Gasteiger partial charge in [0, 0.05) is 29.0 Å². The van der Waals surface area contributed by atoms with Gasteiger partial charge in [-0.3, -0.25) is 9.48 Å². The molecular weight excluding hydrogens is 296 g/mol. The summed E-state index contributed by atoms with van der Waals surface area (Å²) in [5.74, 6) is -0.0491. The number of carbonyl (C=O) groups excluding carboxylic acids is 1. The number of nitrogens with zero attached hydrogens (tertiary/aromatic N) is 2. The summed E-state index contributed by atoms with van der Waals surface area (Å²) >= 11 is 3.39. The highest BCUT2D eigenvalue weighted by atomic mass is 79.9. The topological polar surface area (TPSA) is 59.0 Å². The average molecular weight is 307 g/mol. The maximum Gasteiger partial charge on any atom is 0.251 e. The van der Waals surface area contributed by atoms with E-state index in [0.717, 1.165) is 21.4 Å². The maximum atomic E-state index is 11.9. The van der Waals surface area contributed by atoms with Crippen molar-refractivity contribution in [2.75, 3.05) is 10.6 Å². The van der Waals surface area contributed by atoms with Crippen LogP contribution < -0.4 is 10.6 Å². The number of nitrogens with one attached hydrogen (secondary N) is 2. The number of anilines is 2. The third-order valence-electron chi connectivity index (χ3n) is 2.86. The number of rotatable bonds is 2. The predicted octanol–water partition coefficient (Wildman–Crippen LogP) is 2.29. The smallest absolute Gasteiger partial charge is 0.251 e. The molecule has 1 aliphatic rings. The Kier molecular flexibility index (Phi) is 2.59. The summed E-state index contributed by atoms with van der Waals surface area (Å²) in [4.78, 5) is 11.9. The van der Waals surface area contributed by atoms with E-state index in [4.69, 9.17) is 0 Å². The van der Waals surface area contributed by atoms with Crippen LogP contribution in [0.5, 0.6) is 0 Å². The van der Waals surface area contributed by atoms with Gasteiger partial charge in [0.25, 0.3) is 5.91 Å². The monoisotopic (exact) mass is 306 g/mol. The highest BCUT2D eigenvalue weighted by Gasteiger charge is 2.30. The summed E-state index contributed by atoms with van der Waals surface area (Å²) in [5.41, 5.74) is 2.62. The molecule has 1 amide bonds. The van der Waals surface area contributed by atoms with E-state index in [9.17, 15) is 4.79 Å². The lowest BCUT2D eigenvalue weighted by Crippen LogP contribution is -2.19. The van der Waals surface area contributed by atoms with E-state index in [1.165, 1.54) is 0 Å². The highest BCUT2D eigenvalue weighted by molar-refractivity contribution is 9.10. The van der Waals surface area contributed by atoms with Gasteiger partial charge in [-0.25, -0.2) is 0 Å². The van der Waals surface area contributed by atoms with Gasteiger partial charge in [0.15, 0.2) is 0 Å². The fourth-order valence-electron chi connectivity index (χ4n) is 2.04. The van der Waals surface area contributed by atoms with Crippen molar-refractivity contribution in [2.45, 2.75) is 6.04 Å². The molecule has 18 heavy (non-hydrogen) atoms. The van der Waals surface area contributed by atoms with Gasteiger partial charge in [0.2, 0.25) is 0 Å². The standard InChI is InChI=1S/C12H11BrN4O/c1-17-6-8(5-14-17)15-11-9-3-2-7(13)4-10(9)16-12(11)18/h2-6,11,15H,1H3,(H,16,18). The maximum absolute atomic E-state index is 11.9. The molecular formula is C12H11BrN4O. The minimum Gasteiger partial charge on any atom is -0.367 e. The van der Waals surface area contributed by atoms with Crippen molar-refractivity contribution in [3.63, 3.8) is 0 Å². The van der Waals surface area contributed by atoms with Gasteiger partial charge in [-0.2, -0.15) is 5.10 Å². The molecule has 1 aromatic heterocycles. The van der Waals surface area contributed by atoms with E-state index < -0.39 is 0 Å². The van der Waals surface area contributed by atoms with Crippen LogP contribution >= 0.6 is 15.9 Å². The third kappa shape index (κ3) is 1.88. The Bertz CT molecular complexity index is 622. The van der Waals surface area contributed by atoms with Gasteiger partial charge in [-0.05, 0) is 12.1 Å². The molecule has 2 aromatic rings. The van der Waals surface area contributed by atoms with E-state index >= 15 is 0 Å². The average Bonchev–Trinajstić information content (AvgIpc) is 2.84. The van der Waals surface area contributed by atoms with Crippen molar-refractivity contribution in [3.8, 4) is 0 Å². The van der Waals surface area contributed by atoms with Crippen molar-refractivity contribution >= 4 is 33.2 Å². The van der Waals surface area contributed by atoms with Gasteiger partial charge < -0.3 is 10.6 Å². The summed E-state index contributed by atoms with van der Waals surface area (Å²) < 4.78 is 2.64. The van der Waals surface area contributed by atoms with Crippen LogP contribution in [0.2, 0.25) is 0 Å². The number of hydrogen-bond donors (Lipinski definition) is 2. The first kappa shape index (κ1) is 11.3. The molecule has 2 N–H and O–H groups in total. The molecule has 0 saturated carbocycles. The fraction of sp³-hybridized carbons (Fsp3) is 0.167. The SMILES string of the molecule is Cn1cc(NC2C(=O)Nc3cc(Br)ccc32)cn1. The van der Waals surface area contributed by atoms with Gasteiger partial charge in [-0.1, -0.05) is 22.0 Å². The molecule has 0 fully saturated rings. The largest absolute Gasteiger partial charge is 0.367 e. The molecule has 0 bridgehead atoms. The Morgan fingerprint density at radius 2 is 2.33 bits per heavy atom. The molecule has 1 unspecified atom stereocenters. The number of halogens is 1. The molecule has 3 rings (SSSR count). The number of hydrogen-bond acceptors (Lipinski definition) is 3. The quantitative estimate of drug-likeness (QED) is 0.895. The zero-order valence-corrected chi connectivity index (χ0v) is 11.2. The Morgan fingerprint density at radius 1 is 1.50 bits per heavy atom. The van der Waals surface area contributed by atoms with E-state index in [1.54, 1.807) is 10.9 Å². The van der Waals surface area contributed by atoms with Gasteiger partial charge in [0.05, 0.1) is 11.9 Å². The van der Waals surface area contributed by atoms with Crippen LogP contribution in [0.3, 0.4) is 0 Å². The molecule has 2 heterocycles. The molecule has 5 nitrogen and oxygen atoms in total. The predicted molar refractivity (Wildman–Crippen MR) is 72.3 cm³/mol. The van der Waals surface area contributed by atoms with Crippen molar-refractivity contribution in [1.82, 2.24) is 9.78 Å². The van der Waals surface area contributed by atoms with Crippen molar-refractivity contribution in [3.05, 3.63) is 40.6 Å². The molecule has 0 radical (unpaired) electrons. The number of amides is 1. The number of fused-ring (bicyclic) bond motifs is 1. The van der Waals surface area contributed by atoms with Crippen LogP contribution in [0.25, 0.3) is 0 Å². The summed E-state index contributed by atoms with van der Waals surface area (Å²) in [6.07, 6.45) is 3.54. The van der Waals surface area contributed by atoms with E-state index in [-0.39, 0.29) is 11.9 Å². The lowest BCUT2D eigenvalue weighted by atomic mass is 10.1. The van der Waals surface area contributed by atoms with Crippen molar-refractivity contribution in [2.24, 2.45) is 7.05 Å². The van der Waals surface area contributed by atoms with Crippen LogP contribution in [0.4, 0.5) is 11.4 Å². The molecule has 0 spiro atoms. The third-order valence-corrected chi connectivity index (χ3v) is 3.36. The second kappa shape index (κ2) is 4.13. The molecule has 1 aliphatic heterocycles. The minimum atomic E-state index is -0.364. The zero-order chi connectivity index (χ0) is 12.7. The zero-order valence-electron chi connectivity index (χ0n) is 9.64. The summed E-state index contributed by atoms with van der Waals surface area (Å²) in [7, 11) is 1.84. The molecule has 0 aliphatic carbocycles. The normalized spacial score (nSPS) is 17.4. The highest BCUT2D eigenvalue weighted by Crippen LogP contribution is 2.34. The lowest BCUT2D eigenvalue weighted by molar-refractivity contribution is -0.116. The van der Waals surface area contributed by atoms with Crippen LogP contribution in [-0.4, -0.2) is 15.7 Å². The van der Waals surface area contributed by atoms with Gasteiger partial charge in [-0.15, -0.1) is 0 Å². The van der Waals surface area contributed by atoms with Gasteiger partial charge >= 0.3 is 0 Å². The lowest BCUT2D eigenvalue weighted by Gasteiger charge is -2.10. The number of benzene rings is 1. The number of carbonyl (C=O) groups is 1. The Labute approximate surface area is 112 Å². The van der Waals surface area contributed by atoms with Crippen LogP contribution in [0.1, 0.15) is 11.6 Å². The minimum absolute atomic E-state index is 0.0491. The fourth-order valence-corrected chi connectivity index (χ4v) is 2.40. The Balaban J connectivity index is 1.92. The molecule has 1 aromatic carbocycles. The molecule has 92 valence electrons. The first-order valence-electron chi connectivity index (χ1n) is 5.49. The van der Waals surface area contributed by atoms with E-state index in [0.29, 0.717) is 0 Å².